The van der Waals surface area contributed by atoms with Crippen LogP contribution in [0.3, 0.4) is 0 Å². The van der Waals surface area contributed by atoms with Gasteiger partial charge in [0.05, 0.1) is 26.9 Å². The van der Waals surface area contributed by atoms with Crippen LogP contribution in [0.2, 0.25) is 0 Å². The Balaban J connectivity index is 1.73. The zero-order valence-electron chi connectivity index (χ0n) is 17.6. The molecule has 2 aromatic carbocycles. The summed E-state index contributed by atoms with van der Waals surface area (Å²) in [5, 5.41) is 0. The largest absolute Gasteiger partial charge is 0.496 e. The van der Waals surface area contributed by atoms with E-state index in [0.29, 0.717) is 42.5 Å². The molecule has 6 nitrogen and oxygen atoms in total. The van der Waals surface area contributed by atoms with Crippen LogP contribution in [0.25, 0.3) is 5.57 Å². The van der Waals surface area contributed by atoms with E-state index in [2.05, 4.69) is 15.9 Å². The summed E-state index contributed by atoms with van der Waals surface area (Å²) in [5.74, 6) is 2.66. The summed E-state index contributed by atoms with van der Waals surface area (Å²) < 4.78 is 23.2. The Labute approximate surface area is 185 Å². The van der Waals surface area contributed by atoms with E-state index in [1.807, 2.05) is 42.5 Å². The molecular weight excluding hydrogens is 450 g/mol. The highest BCUT2D eigenvalue weighted by atomic mass is 79.9. The molecule has 1 heterocycles. The van der Waals surface area contributed by atoms with Crippen LogP contribution in [0, 0.1) is 0 Å². The predicted molar refractivity (Wildman–Crippen MR) is 120 cm³/mol. The average Bonchev–Trinajstić information content (AvgIpc) is 2.79. The lowest BCUT2D eigenvalue weighted by molar-refractivity contribution is -0.137. The smallest absolute Gasteiger partial charge is 0.263 e. The Morgan fingerprint density at radius 2 is 1.63 bits per heavy atom. The van der Waals surface area contributed by atoms with Crippen LogP contribution >= 0.6 is 15.9 Å². The fraction of sp³-hybridized carbons (Fsp3) is 0.348. The van der Waals surface area contributed by atoms with Crippen LogP contribution in [0.5, 0.6) is 23.0 Å². The van der Waals surface area contributed by atoms with E-state index in [0.717, 1.165) is 15.6 Å². The SMILES string of the molecule is COc1cc(OC)c(C2=CCN(C(=O)[C@@H](C)Oc3ccc(Br)cc3)CC2)c(OC)c1. The van der Waals surface area contributed by atoms with Gasteiger partial charge in [-0.15, -0.1) is 0 Å². The van der Waals surface area contributed by atoms with Crippen molar-refractivity contribution in [1.82, 2.24) is 4.90 Å². The molecule has 1 aliphatic rings. The highest BCUT2D eigenvalue weighted by Crippen LogP contribution is 2.40. The molecule has 1 aliphatic heterocycles. The van der Waals surface area contributed by atoms with Crippen molar-refractivity contribution >= 4 is 27.4 Å². The number of nitrogens with zero attached hydrogens (tertiary/aromatic N) is 1. The first kappa shape index (κ1) is 22.0. The van der Waals surface area contributed by atoms with Crippen LogP contribution < -0.4 is 18.9 Å². The lowest BCUT2D eigenvalue weighted by Gasteiger charge is -2.30. The second-order valence-electron chi connectivity index (χ2n) is 6.88. The summed E-state index contributed by atoms with van der Waals surface area (Å²) >= 11 is 3.39. The molecule has 30 heavy (non-hydrogen) atoms. The van der Waals surface area contributed by atoms with E-state index < -0.39 is 6.10 Å². The van der Waals surface area contributed by atoms with E-state index in [1.54, 1.807) is 33.2 Å². The van der Waals surface area contributed by atoms with Crippen molar-refractivity contribution in [3.63, 3.8) is 0 Å². The van der Waals surface area contributed by atoms with Gasteiger partial charge in [0.2, 0.25) is 0 Å². The number of methoxy groups -OCH3 is 3. The van der Waals surface area contributed by atoms with Crippen LogP contribution in [-0.4, -0.2) is 51.3 Å². The van der Waals surface area contributed by atoms with Crippen molar-refractivity contribution in [3.8, 4) is 23.0 Å². The topological polar surface area (TPSA) is 57.2 Å². The van der Waals surface area contributed by atoms with Gasteiger partial charge in [0.15, 0.2) is 6.10 Å². The third kappa shape index (κ3) is 4.90. The molecule has 1 amide bonds. The minimum Gasteiger partial charge on any atom is -0.496 e. The fourth-order valence-corrected chi connectivity index (χ4v) is 3.71. The maximum atomic E-state index is 12.8. The Hall–Kier alpha value is -2.67. The van der Waals surface area contributed by atoms with Gasteiger partial charge in [-0.25, -0.2) is 0 Å². The van der Waals surface area contributed by atoms with Gasteiger partial charge in [-0.2, -0.15) is 0 Å². The van der Waals surface area contributed by atoms with Crippen molar-refractivity contribution < 1.29 is 23.7 Å². The molecule has 0 aliphatic carbocycles. The molecule has 0 aromatic heterocycles. The van der Waals surface area contributed by atoms with Crippen LogP contribution in [-0.2, 0) is 4.79 Å². The Morgan fingerprint density at radius 1 is 1.00 bits per heavy atom. The third-order valence-corrected chi connectivity index (χ3v) is 5.56. The molecule has 0 saturated carbocycles. The molecule has 0 unspecified atom stereocenters. The van der Waals surface area contributed by atoms with Gasteiger partial charge in [0.1, 0.15) is 23.0 Å². The van der Waals surface area contributed by atoms with Crippen LogP contribution in [0.15, 0.2) is 46.9 Å². The van der Waals surface area contributed by atoms with Gasteiger partial charge < -0.3 is 23.8 Å². The monoisotopic (exact) mass is 475 g/mol. The summed E-state index contributed by atoms with van der Waals surface area (Å²) in [7, 11) is 4.85. The van der Waals surface area contributed by atoms with Gasteiger partial charge in [-0.1, -0.05) is 22.0 Å². The maximum Gasteiger partial charge on any atom is 0.263 e. The number of hydrogen-bond donors (Lipinski definition) is 0. The summed E-state index contributed by atoms with van der Waals surface area (Å²) in [5.41, 5.74) is 1.98. The molecule has 0 fully saturated rings. The zero-order chi connectivity index (χ0) is 21.7. The first-order chi connectivity index (χ1) is 14.5. The van der Waals surface area contributed by atoms with E-state index in [4.69, 9.17) is 18.9 Å². The molecule has 1 atom stereocenters. The number of benzene rings is 2. The highest BCUT2D eigenvalue weighted by molar-refractivity contribution is 9.10. The number of ether oxygens (including phenoxy) is 4. The molecule has 0 bridgehead atoms. The van der Waals surface area contributed by atoms with Crippen LogP contribution in [0.1, 0.15) is 18.9 Å². The van der Waals surface area contributed by atoms with Gasteiger partial charge in [0.25, 0.3) is 5.91 Å². The number of amides is 1. The normalized spacial score (nSPS) is 14.6. The molecule has 3 rings (SSSR count). The van der Waals surface area contributed by atoms with E-state index in [1.165, 1.54) is 0 Å². The zero-order valence-corrected chi connectivity index (χ0v) is 19.2. The quantitative estimate of drug-likeness (QED) is 0.587. The van der Waals surface area contributed by atoms with Crippen molar-refractivity contribution in [3.05, 3.63) is 52.5 Å². The maximum absolute atomic E-state index is 12.8. The summed E-state index contributed by atoms with van der Waals surface area (Å²) in [6.07, 6.45) is 2.17. The summed E-state index contributed by atoms with van der Waals surface area (Å²) in [6, 6.07) is 11.1. The minimum atomic E-state index is -0.564. The van der Waals surface area contributed by atoms with Crippen molar-refractivity contribution in [2.75, 3.05) is 34.4 Å². The Bertz CT molecular complexity index is 901. The molecule has 0 spiro atoms. The molecule has 160 valence electrons. The van der Waals surface area contributed by atoms with E-state index >= 15 is 0 Å². The molecule has 7 heteroatoms. The molecule has 0 N–H and O–H groups in total. The Morgan fingerprint density at radius 3 is 2.13 bits per heavy atom. The summed E-state index contributed by atoms with van der Waals surface area (Å²) in [6.45, 7) is 2.87. The Kier molecular flexibility index (Phi) is 7.26. The van der Waals surface area contributed by atoms with E-state index in [-0.39, 0.29) is 5.91 Å². The minimum absolute atomic E-state index is 0.0399. The second kappa shape index (κ2) is 9.89. The number of halogens is 1. The van der Waals surface area contributed by atoms with Crippen molar-refractivity contribution in [2.24, 2.45) is 0 Å². The van der Waals surface area contributed by atoms with Gasteiger partial charge >= 0.3 is 0 Å². The number of carbonyl (C=O) groups excluding carboxylic acids is 1. The summed E-state index contributed by atoms with van der Waals surface area (Å²) in [4.78, 5) is 14.6. The second-order valence-corrected chi connectivity index (χ2v) is 7.80. The third-order valence-electron chi connectivity index (χ3n) is 5.03. The first-order valence-electron chi connectivity index (χ1n) is 9.67. The predicted octanol–water partition coefficient (Wildman–Crippen LogP) is 4.56. The fourth-order valence-electron chi connectivity index (χ4n) is 3.44. The molecular formula is C23H26BrNO5. The lowest BCUT2D eigenvalue weighted by Crippen LogP contribution is -2.42. The van der Waals surface area contributed by atoms with Crippen molar-refractivity contribution in [2.45, 2.75) is 19.4 Å². The average molecular weight is 476 g/mol. The molecule has 0 saturated heterocycles. The van der Waals surface area contributed by atoms with Crippen molar-refractivity contribution in [1.29, 1.82) is 0 Å². The number of rotatable bonds is 7. The first-order valence-corrected chi connectivity index (χ1v) is 10.5. The highest BCUT2D eigenvalue weighted by Gasteiger charge is 2.26. The number of carbonyl (C=O) groups is 1. The van der Waals surface area contributed by atoms with Crippen LogP contribution in [0.4, 0.5) is 0 Å². The van der Waals surface area contributed by atoms with Gasteiger partial charge in [-0.3, -0.25) is 4.79 Å². The number of hydrogen-bond acceptors (Lipinski definition) is 5. The molecule has 0 radical (unpaired) electrons. The van der Waals surface area contributed by atoms with Gasteiger partial charge in [-0.05, 0) is 43.2 Å². The lowest BCUT2D eigenvalue weighted by atomic mass is 9.97. The molecule has 2 aromatic rings. The standard InChI is InChI=1S/C23H26BrNO5/c1-15(30-18-7-5-17(24)6-8-18)23(26)25-11-9-16(10-12-25)22-20(28-3)13-19(27-2)14-21(22)29-4/h5-9,13-15H,10-12H2,1-4H3/t15-/m1/s1. The van der Waals surface area contributed by atoms with E-state index in [9.17, 15) is 4.79 Å². The van der Waals surface area contributed by atoms with Gasteiger partial charge in [0, 0.05) is 29.7 Å².